The molecule has 11 heavy (non-hydrogen) atoms. The summed E-state index contributed by atoms with van der Waals surface area (Å²) in [7, 11) is 0. The van der Waals surface area contributed by atoms with Crippen LogP contribution in [0.5, 0.6) is 0 Å². The maximum atomic E-state index is 10.7. The van der Waals surface area contributed by atoms with E-state index in [9.17, 15) is 4.79 Å². The van der Waals surface area contributed by atoms with Crippen molar-refractivity contribution in [1.82, 2.24) is 5.32 Å². The van der Waals surface area contributed by atoms with Gasteiger partial charge in [0, 0.05) is 19.5 Å². The number of rotatable bonds is 5. The van der Waals surface area contributed by atoms with Gasteiger partial charge in [-0.3, -0.25) is 9.79 Å². The minimum atomic E-state index is 0.0849. The lowest BCUT2D eigenvalue weighted by Gasteiger charge is -1.99. The van der Waals surface area contributed by atoms with Crippen LogP contribution in [0, 0.1) is 0 Å². The number of amides is 1. The molecule has 0 aliphatic rings. The molecule has 3 N–H and O–H groups in total. The molecule has 0 aromatic heterocycles. The third kappa shape index (κ3) is 6.83. The zero-order valence-corrected chi connectivity index (χ0v) is 6.84. The van der Waals surface area contributed by atoms with Crippen molar-refractivity contribution in [3.63, 3.8) is 0 Å². The highest BCUT2D eigenvalue weighted by molar-refractivity contribution is 5.75. The number of nitrogens with one attached hydrogen (secondary N) is 1. The van der Waals surface area contributed by atoms with Gasteiger partial charge in [-0.2, -0.15) is 0 Å². The van der Waals surface area contributed by atoms with Crippen LogP contribution in [0.15, 0.2) is 4.99 Å². The van der Waals surface area contributed by atoms with E-state index in [-0.39, 0.29) is 5.91 Å². The maximum Gasteiger partial charge on any atom is 0.219 e. The molecule has 0 aliphatic carbocycles. The predicted molar refractivity (Wildman–Crippen MR) is 45.5 cm³/mol. The molecule has 0 bridgehead atoms. The first-order valence-corrected chi connectivity index (χ1v) is 3.78. The molecule has 0 rings (SSSR count). The van der Waals surface area contributed by atoms with Crippen LogP contribution in [-0.4, -0.2) is 25.3 Å². The standard InChI is InChI=1S/C7H15N3O/c1-2-7(11)10-5-3-4-9-6-8/h6H,2-5H2,1H3,(H2,8,9)(H,10,11). The van der Waals surface area contributed by atoms with Crippen molar-refractivity contribution < 1.29 is 4.79 Å². The van der Waals surface area contributed by atoms with Gasteiger partial charge in [-0.15, -0.1) is 0 Å². The van der Waals surface area contributed by atoms with Crippen molar-refractivity contribution in [2.75, 3.05) is 13.1 Å². The largest absolute Gasteiger partial charge is 0.390 e. The average Bonchev–Trinajstić information content (AvgIpc) is 2.04. The zero-order chi connectivity index (χ0) is 8.53. The summed E-state index contributed by atoms with van der Waals surface area (Å²) in [6, 6.07) is 0. The molecule has 0 aromatic rings. The van der Waals surface area contributed by atoms with E-state index in [0.29, 0.717) is 19.5 Å². The fourth-order valence-electron chi connectivity index (χ4n) is 0.598. The summed E-state index contributed by atoms with van der Waals surface area (Å²) >= 11 is 0. The van der Waals surface area contributed by atoms with Crippen LogP contribution < -0.4 is 11.1 Å². The lowest BCUT2D eigenvalue weighted by atomic mass is 10.4. The van der Waals surface area contributed by atoms with E-state index in [0.717, 1.165) is 6.42 Å². The monoisotopic (exact) mass is 157 g/mol. The summed E-state index contributed by atoms with van der Waals surface area (Å²) < 4.78 is 0. The number of aliphatic imine (C=N–C) groups is 1. The Kier molecular flexibility index (Phi) is 6.37. The second-order valence-corrected chi connectivity index (χ2v) is 2.11. The Balaban J connectivity index is 3.08. The molecule has 4 nitrogen and oxygen atoms in total. The Labute approximate surface area is 66.9 Å². The molecule has 0 aliphatic heterocycles. The van der Waals surface area contributed by atoms with E-state index >= 15 is 0 Å². The highest BCUT2D eigenvalue weighted by Gasteiger charge is 1.92. The van der Waals surface area contributed by atoms with E-state index in [1.807, 2.05) is 6.92 Å². The second-order valence-electron chi connectivity index (χ2n) is 2.11. The molecule has 0 radical (unpaired) electrons. The van der Waals surface area contributed by atoms with Gasteiger partial charge in [0.1, 0.15) is 0 Å². The zero-order valence-electron chi connectivity index (χ0n) is 6.84. The van der Waals surface area contributed by atoms with E-state index in [4.69, 9.17) is 5.73 Å². The summed E-state index contributed by atoms with van der Waals surface area (Å²) in [5.41, 5.74) is 5.02. The molecule has 0 saturated carbocycles. The summed E-state index contributed by atoms with van der Waals surface area (Å²) in [6.07, 6.45) is 2.67. The highest BCUT2D eigenvalue weighted by Crippen LogP contribution is 1.79. The van der Waals surface area contributed by atoms with Gasteiger partial charge in [0.15, 0.2) is 0 Å². The average molecular weight is 157 g/mol. The van der Waals surface area contributed by atoms with Crippen LogP contribution in [0.25, 0.3) is 0 Å². The lowest BCUT2D eigenvalue weighted by molar-refractivity contribution is -0.120. The first-order valence-electron chi connectivity index (χ1n) is 3.78. The number of hydrogen-bond acceptors (Lipinski definition) is 2. The third-order valence-corrected chi connectivity index (χ3v) is 1.21. The Hall–Kier alpha value is -1.06. The molecule has 4 heteroatoms. The van der Waals surface area contributed by atoms with Crippen LogP contribution in [0.3, 0.4) is 0 Å². The Morgan fingerprint density at radius 1 is 1.73 bits per heavy atom. The first-order chi connectivity index (χ1) is 5.31. The van der Waals surface area contributed by atoms with Gasteiger partial charge in [0.2, 0.25) is 5.91 Å². The molecule has 1 amide bonds. The minimum absolute atomic E-state index is 0.0849. The summed E-state index contributed by atoms with van der Waals surface area (Å²) in [5, 5.41) is 2.74. The summed E-state index contributed by atoms with van der Waals surface area (Å²) in [4.78, 5) is 14.5. The van der Waals surface area contributed by atoms with E-state index in [1.54, 1.807) is 0 Å². The van der Waals surface area contributed by atoms with Crippen molar-refractivity contribution in [2.24, 2.45) is 10.7 Å². The van der Waals surface area contributed by atoms with Gasteiger partial charge in [0.25, 0.3) is 0 Å². The Morgan fingerprint density at radius 3 is 3.00 bits per heavy atom. The topological polar surface area (TPSA) is 67.5 Å². The minimum Gasteiger partial charge on any atom is -0.390 e. The molecular weight excluding hydrogens is 142 g/mol. The second kappa shape index (κ2) is 7.05. The molecular formula is C7H15N3O. The van der Waals surface area contributed by atoms with E-state index < -0.39 is 0 Å². The highest BCUT2D eigenvalue weighted by atomic mass is 16.1. The molecule has 64 valence electrons. The van der Waals surface area contributed by atoms with Crippen molar-refractivity contribution in [3.05, 3.63) is 0 Å². The van der Waals surface area contributed by atoms with Gasteiger partial charge in [-0.05, 0) is 6.42 Å². The number of carbonyl (C=O) groups excluding carboxylic acids is 1. The molecule has 0 spiro atoms. The molecule has 0 fully saturated rings. The van der Waals surface area contributed by atoms with Crippen molar-refractivity contribution in [3.8, 4) is 0 Å². The van der Waals surface area contributed by atoms with Crippen molar-refractivity contribution in [1.29, 1.82) is 0 Å². The van der Waals surface area contributed by atoms with Gasteiger partial charge in [-0.1, -0.05) is 6.92 Å². The van der Waals surface area contributed by atoms with Gasteiger partial charge >= 0.3 is 0 Å². The summed E-state index contributed by atoms with van der Waals surface area (Å²) in [6.45, 7) is 3.19. The van der Waals surface area contributed by atoms with Crippen molar-refractivity contribution >= 4 is 12.2 Å². The number of nitrogens with zero attached hydrogens (tertiary/aromatic N) is 1. The fraction of sp³-hybridized carbons (Fsp3) is 0.714. The molecule has 0 aromatic carbocycles. The van der Waals surface area contributed by atoms with Crippen LogP contribution in [0.2, 0.25) is 0 Å². The van der Waals surface area contributed by atoms with E-state index in [1.165, 1.54) is 6.34 Å². The summed E-state index contributed by atoms with van der Waals surface area (Å²) in [5.74, 6) is 0.0849. The fourth-order valence-corrected chi connectivity index (χ4v) is 0.598. The Bertz CT molecular complexity index is 134. The predicted octanol–water partition coefficient (Wildman–Crippen LogP) is -0.110. The van der Waals surface area contributed by atoms with Crippen LogP contribution in [0.1, 0.15) is 19.8 Å². The molecule has 0 unspecified atom stereocenters. The number of hydrogen-bond donors (Lipinski definition) is 2. The van der Waals surface area contributed by atoms with Crippen LogP contribution in [0.4, 0.5) is 0 Å². The van der Waals surface area contributed by atoms with Crippen LogP contribution in [-0.2, 0) is 4.79 Å². The van der Waals surface area contributed by atoms with Gasteiger partial charge in [0.05, 0.1) is 6.34 Å². The Morgan fingerprint density at radius 2 is 2.45 bits per heavy atom. The molecule has 0 atom stereocenters. The quantitative estimate of drug-likeness (QED) is 0.332. The first kappa shape index (κ1) is 9.94. The maximum absolute atomic E-state index is 10.7. The molecule has 0 saturated heterocycles. The van der Waals surface area contributed by atoms with Crippen molar-refractivity contribution in [2.45, 2.75) is 19.8 Å². The SMILES string of the molecule is CCC(=O)NCCCN=CN. The lowest BCUT2D eigenvalue weighted by Crippen LogP contribution is -2.23. The van der Waals surface area contributed by atoms with Gasteiger partial charge in [-0.25, -0.2) is 0 Å². The molecule has 0 heterocycles. The number of carbonyl (C=O) groups is 1. The van der Waals surface area contributed by atoms with Crippen LogP contribution >= 0.6 is 0 Å². The van der Waals surface area contributed by atoms with Gasteiger partial charge < -0.3 is 11.1 Å². The van der Waals surface area contributed by atoms with E-state index in [2.05, 4.69) is 10.3 Å². The number of nitrogens with two attached hydrogens (primary N) is 1. The third-order valence-electron chi connectivity index (χ3n) is 1.21. The smallest absolute Gasteiger partial charge is 0.219 e. The normalized spacial score (nSPS) is 10.3.